The Morgan fingerprint density at radius 2 is 2.11 bits per heavy atom. The Balaban J connectivity index is 2.23. The fourth-order valence-corrected chi connectivity index (χ4v) is 2.41. The van der Waals surface area contributed by atoms with Gasteiger partial charge in [0.25, 0.3) is 6.13 Å². The molecule has 3 heteroatoms. The van der Waals surface area contributed by atoms with E-state index < -0.39 is 0 Å². The van der Waals surface area contributed by atoms with Gasteiger partial charge in [-0.1, -0.05) is 6.42 Å². The third kappa shape index (κ3) is 2.22. The molecule has 0 atom stereocenters. The molecule has 1 fully saturated rings. The molecule has 0 unspecified atom stereocenters. The first-order valence-corrected chi connectivity index (χ1v) is 4.63. The molecule has 0 aromatic carbocycles. The maximum Gasteiger partial charge on any atom is 0.291 e. The first kappa shape index (κ1) is 7.48. The van der Waals surface area contributed by atoms with E-state index in [9.17, 15) is 0 Å². The highest BCUT2D eigenvalue weighted by Gasteiger charge is 2.20. The summed E-state index contributed by atoms with van der Waals surface area (Å²) in [6, 6.07) is 0. The summed E-state index contributed by atoms with van der Waals surface area (Å²) in [4.78, 5) is 2.32. The van der Waals surface area contributed by atoms with E-state index in [1.54, 1.807) is 0 Å². The highest BCUT2D eigenvalue weighted by Crippen LogP contribution is 2.23. The fraction of sp³-hybridized carbons (Fsp3) is 1.00. The zero-order valence-corrected chi connectivity index (χ0v) is 7.08. The van der Waals surface area contributed by atoms with Gasteiger partial charge in [-0.3, -0.25) is 0 Å². The molecule has 1 saturated heterocycles. The molecule has 1 aliphatic heterocycles. The van der Waals surface area contributed by atoms with Crippen LogP contribution in [-0.4, -0.2) is 30.8 Å². The summed E-state index contributed by atoms with van der Waals surface area (Å²) in [7, 11) is 4.34. The van der Waals surface area contributed by atoms with Gasteiger partial charge in [0.15, 0.2) is 0 Å². The molecule has 1 nitrogen and oxygen atoms in total. The summed E-state index contributed by atoms with van der Waals surface area (Å²) in [5, 5.41) is 0. The normalized spacial score (nSPS) is 21.0. The minimum Gasteiger partial charge on any atom is -0.338 e. The van der Waals surface area contributed by atoms with Crippen molar-refractivity contribution in [2.24, 2.45) is 0 Å². The molecular formula is C6H14BNS. The van der Waals surface area contributed by atoms with Crippen molar-refractivity contribution in [2.75, 3.05) is 19.8 Å². The molecule has 0 amide bonds. The molecule has 1 aliphatic rings. The molecule has 52 valence electrons. The van der Waals surface area contributed by atoms with Crippen LogP contribution < -0.4 is 0 Å². The van der Waals surface area contributed by atoms with Gasteiger partial charge in [-0.15, -0.1) is 0 Å². The van der Waals surface area contributed by atoms with Crippen LogP contribution in [0.3, 0.4) is 0 Å². The highest BCUT2D eigenvalue weighted by molar-refractivity contribution is 8.25. The van der Waals surface area contributed by atoms with Crippen molar-refractivity contribution in [1.82, 2.24) is 4.81 Å². The lowest BCUT2D eigenvalue weighted by molar-refractivity contribution is 0.643. The van der Waals surface area contributed by atoms with E-state index in [1.165, 1.54) is 24.9 Å². The largest absolute Gasteiger partial charge is 0.338 e. The molecule has 0 bridgehead atoms. The third-order valence-corrected chi connectivity index (χ3v) is 3.30. The first-order chi connectivity index (χ1) is 4.30. The Morgan fingerprint density at radius 1 is 1.33 bits per heavy atom. The minimum absolute atomic E-state index is 0.804. The molecule has 9 heavy (non-hydrogen) atoms. The molecular weight excluding hydrogens is 129 g/mol. The average molecular weight is 143 g/mol. The van der Waals surface area contributed by atoms with Crippen molar-refractivity contribution in [3.63, 3.8) is 0 Å². The highest BCUT2D eigenvalue weighted by atomic mass is 32.2. The predicted molar refractivity (Wildman–Crippen MR) is 45.9 cm³/mol. The summed E-state index contributed by atoms with van der Waals surface area (Å²) in [6.07, 6.45) is 5.04. The molecule has 0 spiro atoms. The van der Waals surface area contributed by atoms with Gasteiger partial charge in [-0.05, 0) is 32.6 Å². The smallest absolute Gasteiger partial charge is 0.291 e. The third-order valence-electron chi connectivity index (χ3n) is 1.73. The van der Waals surface area contributed by atoms with Crippen molar-refractivity contribution in [1.29, 1.82) is 0 Å². The van der Waals surface area contributed by atoms with E-state index >= 15 is 0 Å². The number of hydrogen-bond acceptors (Lipinski definition) is 2. The Bertz CT molecular complexity index is 81.1. The second-order valence-corrected chi connectivity index (χ2v) is 4.07. The lowest BCUT2D eigenvalue weighted by atomic mass is 9.82. The standard InChI is InChI=1S/C6H14BNS/c1-8(2)7-5-3-4-6-9-7/h3-6H2,1-2H3. The monoisotopic (exact) mass is 143 g/mol. The van der Waals surface area contributed by atoms with E-state index in [4.69, 9.17) is 0 Å². The van der Waals surface area contributed by atoms with Crippen molar-refractivity contribution in [3.8, 4) is 0 Å². The minimum atomic E-state index is 0.804. The number of hydrogen-bond donors (Lipinski definition) is 0. The summed E-state index contributed by atoms with van der Waals surface area (Å²) in [5.74, 6) is 1.36. The zero-order valence-electron chi connectivity index (χ0n) is 6.26. The molecule has 0 aromatic rings. The van der Waals surface area contributed by atoms with Crippen LogP contribution >= 0.6 is 11.6 Å². The van der Waals surface area contributed by atoms with E-state index in [-0.39, 0.29) is 0 Å². The average Bonchev–Trinajstić information content (AvgIpc) is 1.90. The number of nitrogens with zero attached hydrogens (tertiary/aromatic N) is 1. The van der Waals surface area contributed by atoms with Crippen LogP contribution in [0.4, 0.5) is 0 Å². The van der Waals surface area contributed by atoms with E-state index in [2.05, 4.69) is 30.5 Å². The van der Waals surface area contributed by atoms with Crippen LogP contribution in [0.25, 0.3) is 0 Å². The lowest BCUT2D eigenvalue weighted by Gasteiger charge is -2.23. The molecule has 0 aromatic heterocycles. The van der Waals surface area contributed by atoms with Crippen molar-refractivity contribution >= 4 is 17.7 Å². The topological polar surface area (TPSA) is 3.24 Å². The second kappa shape index (κ2) is 3.52. The van der Waals surface area contributed by atoms with E-state index in [1.807, 2.05) is 0 Å². The summed E-state index contributed by atoms with van der Waals surface area (Å²) in [5.41, 5.74) is 0. The predicted octanol–water partition coefficient (Wildman–Crippen LogP) is 1.56. The van der Waals surface area contributed by atoms with Crippen LogP contribution in [0.15, 0.2) is 0 Å². The van der Waals surface area contributed by atoms with Crippen molar-refractivity contribution in [2.45, 2.75) is 19.2 Å². The zero-order chi connectivity index (χ0) is 6.69. The summed E-state index contributed by atoms with van der Waals surface area (Å²) < 4.78 is 0. The van der Waals surface area contributed by atoms with Crippen LogP contribution in [-0.2, 0) is 0 Å². The second-order valence-electron chi connectivity index (χ2n) is 2.78. The van der Waals surface area contributed by atoms with Gasteiger partial charge in [-0.2, -0.15) is 11.6 Å². The van der Waals surface area contributed by atoms with Gasteiger partial charge in [-0.25, -0.2) is 0 Å². The van der Waals surface area contributed by atoms with E-state index in [0.29, 0.717) is 0 Å². The first-order valence-electron chi connectivity index (χ1n) is 3.59. The van der Waals surface area contributed by atoms with Crippen LogP contribution in [0.2, 0.25) is 6.32 Å². The van der Waals surface area contributed by atoms with Gasteiger partial charge >= 0.3 is 0 Å². The quantitative estimate of drug-likeness (QED) is 0.512. The van der Waals surface area contributed by atoms with E-state index in [0.717, 1.165) is 6.13 Å². The summed E-state index contributed by atoms with van der Waals surface area (Å²) >= 11 is 2.10. The van der Waals surface area contributed by atoms with Gasteiger partial charge in [0, 0.05) is 0 Å². The molecule has 1 rings (SSSR count). The lowest BCUT2D eigenvalue weighted by Crippen LogP contribution is -2.31. The molecule has 0 aliphatic carbocycles. The van der Waals surface area contributed by atoms with Gasteiger partial charge in [0.2, 0.25) is 0 Å². The van der Waals surface area contributed by atoms with Crippen LogP contribution in [0.5, 0.6) is 0 Å². The van der Waals surface area contributed by atoms with Crippen LogP contribution in [0, 0.1) is 0 Å². The maximum absolute atomic E-state index is 2.32. The van der Waals surface area contributed by atoms with Crippen LogP contribution in [0.1, 0.15) is 12.8 Å². The van der Waals surface area contributed by atoms with Gasteiger partial charge < -0.3 is 4.81 Å². The Hall–Kier alpha value is 0.375. The maximum atomic E-state index is 2.32. The molecule has 0 saturated carbocycles. The summed E-state index contributed by atoms with van der Waals surface area (Å²) in [6.45, 7) is 0. The van der Waals surface area contributed by atoms with Crippen molar-refractivity contribution < 1.29 is 0 Å². The Labute approximate surface area is 62.2 Å². The molecule has 1 heterocycles. The Kier molecular flexibility index (Phi) is 2.93. The van der Waals surface area contributed by atoms with Crippen molar-refractivity contribution in [3.05, 3.63) is 0 Å². The fourth-order valence-electron chi connectivity index (χ4n) is 1.13. The number of rotatable bonds is 1. The van der Waals surface area contributed by atoms with Gasteiger partial charge in [0.1, 0.15) is 0 Å². The Morgan fingerprint density at radius 3 is 2.44 bits per heavy atom. The molecule has 0 N–H and O–H groups in total. The van der Waals surface area contributed by atoms with Gasteiger partial charge in [0.05, 0.1) is 0 Å². The SMILES string of the molecule is CN(C)B1CCCCS1. The molecule has 0 radical (unpaired) electrons.